The Morgan fingerprint density at radius 2 is 1.57 bits per heavy atom. The largest absolute Gasteiger partial charge is 0.504 e. The van der Waals surface area contributed by atoms with Crippen LogP contribution >= 0.6 is 34.5 Å². The molecule has 3 nitrogen and oxygen atoms in total. The van der Waals surface area contributed by atoms with E-state index in [1.165, 1.54) is 7.11 Å². The number of rotatable bonds is 4. The minimum Gasteiger partial charge on any atom is -0.504 e. The second kappa shape index (κ2) is 7.84. The molecule has 4 rings (SSSR count). The van der Waals surface area contributed by atoms with Gasteiger partial charge in [-0.25, -0.2) is 4.98 Å². The predicted molar refractivity (Wildman–Crippen MR) is 117 cm³/mol. The Balaban J connectivity index is 1.91. The second-order valence-electron chi connectivity index (χ2n) is 6.12. The number of hydrogen-bond donors (Lipinski definition) is 1. The van der Waals surface area contributed by atoms with Gasteiger partial charge >= 0.3 is 0 Å². The van der Waals surface area contributed by atoms with E-state index < -0.39 is 0 Å². The van der Waals surface area contributed by atoms with Crippen molar-refractivity contribution in [2.75, 3.05) is 7.11 Å². The number of halogens is 2. The predicted octanol–water partition coefficient (Wildman–Crippen LogP) is 7.17. The van der Waals surface area contributed by atoms with Crippen LogP contribution in [-0.2, 0) is 0 Å². The summed E-state index contributed by atoms with van der Waals surface area (Å²) in [5.41, 5.74) is 4.32. The topological polar surface area (TPSA) is 42.4 Å². The van der Waals surface area contributed by atoms with E-state index in [-0.39, 0.29) is 5.75 Å². The number of thiophene rings is 1. The fourth-order valence-corrected chi connectivity index (χ4v) is 3.92. The molecular weight excluding hydrogens is 413 g/mol. The molecule has 2 heterocycles. The number of aromatic nitrogens is 1. The number of phenolic OH excluding ortho intramolecular Hbond substituents is 1. The zero-order valence-electron chi connectivity index (χ0n) is 14.8. The van der Waals surface area contributed by atoms with Gasteiger partial charge in [0.1, 0.15) is 0 Å². The van der Waals surface area contributed by atoms with Crippen molar-refractivity contribution in [2.24, 2.45) is 0 Å². The third-order valence-corrected chi connectivity index (χ3v) is 5.98. The monoisotopic (exact) mass is 427 g/mol. The zero-order valence-corrected chi connectivity index (χ0v) is 17.1. The van der Waals surface area contributed by atoms with E-state index >= 15 is 0 Å². The van der Waals surface area contributed by atoms with Crippen LogP contribution in [0.1, 0.15) is 0 Å². The number of pyridine rings is 1. The number of nitrogens with zero attached hydrogens (tertiary/aromatic N) is 1. The van der Waals surface area contributed by atoms with Crippen LogP contribution in [-0.4, -0.2) is 17.2 Å². The fourth-order valence-electron chi connectivity index (χ4n) is 2.90. The van der Waals surface area contributed by atoms with Gasteiger partial charge in [-0.15, -0.1) is 11.3 Å². The molecule has 2 aromatic heterocycles. The number of benzene rings is 2. The Hall–Kier alpha value is -2.53. The summed E-state index contributed by atoms with van der Waals surface area (Å²) in [5, 5.41) is 12.9. The van der Waals surface area contributed by atoms with Gasteiger partial charge in [0.2, 0.25) is 0 Å². The molecule has 28 heavy (non-hydrogen) atoms. The molecule has 0 spiro atoms. The maximum atomic E-state index is 9.90. The van der Waals surface area contributed by atoms with E-state index in [0.29, 0.717) is 15.8 Å². The first-order chi connectivity index (χ1) is 13.5. The number of hydrogen-bond acceptors (Lipinski definition) is 4. The Morgan fingerprint density at radius 1 is 0.857 bits per heavy atom. The van der Waals surface area contributed by atoms with Crippen LogP contribution in [0.2, 0.25) is 10.0 Å². The highest BCUT2D eigenvalue weighted by molar-refractivity contribution is 7.13. The van der Waals surface area contributed by atoms with Crippen molar-refractivity contribution in [3.05, 3.63) is 76.1 Å². The zero-order chi connectivity index (χ0) is 19.7. The van der Waals surface area contributed by atoms with Gasteiger partial charge < -0.3 is 9.84 Å². The highest BCUT2D eigenvalue weighted by Gasteiger charge is 2.12. The second-order valence-corrected chi connectivity index (χ2v) is 7.88. The average Bonchev–Trinajstić information content (AvgIpc) is 3.25. The summed E-state index contributed by atoms with van der Waals surface area (Å²) < 4.78 is 5.25. The van der Waals surface area contributed by atoms with Crippen molar-refractivity contribution in [1.29, 1.82) is 0 Å². The standard InChI is InChI=1S/C22H15Cl2NO2S/c1-27-21-12-14(5-7-20(21)26)19-11-15(22-3-2-8-28-22)10-18(25-19)13-4-6-16(23)17(24)9-13/h2-12,26H,1H3. The Kier molecular flexibility index (Phi) is 5.27. The molecule has 0 fully saturated rings. The lowest BCUT2D eigenvalue weighted by Gasteiger charge is -2.11. The lowest BCUT2D eigenvalue weighted by molar-refractivity contribution is 0.373. The molecule has 0 aliphatic carbocycles. The van der Waals surface area contributed by atoms with Gasteiger partial charge in [0.15, 0.2) is 11.5 Å². The van der Waals surface area contributed by atoms with Gasteiger partial charge in [0.25, 0.3) is 0 Å². The molecule has 0 aliphatic heterocycles. The summed E-state index contributed by atoms with van der Waals surface area (Å²) in [6.07, 6.45) is 0. The average molecular weight is 428 g/mol. The van der Waals surface area contributed by atoms with Crippen LogP contribution in [0.3, 0.4) is 0 Å². The van der Waals surface area contributed by atoms with E-state index in [0.717, 1.165) is 33.0 Å². The number of phenols is 1. The van der Waals surface area contributed by atoms with Crippen LogP contribution in [0.15, 0.2) is 66.0 Å². The summed E-state index contributed by atoms with van der Waals surface area (Å²) >= 11 is 13.9. The van der Waals surface area contributed by atoms with Crippen molar-refractivity contribution in [3.8, 4) is 44.5 Å². The van der Waals surface area contributed by atoms with Crippen LogP contribution in [0.4, 0.5) is 0 Å². The molecule has 0 saturated carbocycles. The van der Waals surface area contributed by atoms with Crippen molar-refractivity contribution >= 4 is 34.5 Å². The molecule has 0 radical (unpaired) electrons. The van der Waals surface area contributed by atoms with Crippen molar-refractivity contribution in [3.63, 3.8) is 0 Å². The maximum Gasteiger partial charge on any atom is 0.161 e. The first kappa shape index (κ1) is 18.8. The van der Waals surface area contributed by atoms with Crippen LogP contribution in [0.5, 0.6) is 11.5 Å². The van der Waals surface area contributed by atoms with Gasteiger partial charge in [-0.05, 0) is 59.5 Å². The van der Waals surface area contributed by atoms with Gasteiger partial charge in [-0.1, -0.05) is 35.3 Å². The number of aromatic hydroxyl groups is 1. The van der Waals surface area contributed by atoms with Crippen molar-refractivity contribution in [2.45, 2.75) is 0 Å². The molecule has 4 aromatic rings. The molecule has 2 aromatic carbocycles. The highest BCUT2D eigenvalue weighted by atomic mass is 35.5. The van der Waals surface area contributed by atoms with Crippen molar-refractivity contribution in [1.82, 2.24) is 4.98 Å². The molecule has 1 N–H and O–H groups in total. The molecule has 0 saturated heterocycles. The number of methoxy groups -OCH3 is 1. The molecule has 0 bridgehead atoms. The highest BCUT2D eigenvalue weighted by Crippen LogP contribution is 2.36. The summed E-state index contributed by atoms with van der Waals surface area (Å²) in [5.74, 6) is 0.488. The molecule has 0 atom stereocenters. The van der Waals surface area contributed by atoms with Crippen molar-refractivity contribution < 1.29 is 9.84 Å². The summed E-state index contributed by atoms with van der Waals surface area (Å²) in [7, 11) is 1.52. The maximum absolute atomic E-state index is 9.90. The van der Waals surface area contributed by atoms with Gasteiger partial charge in [0.05, 0.1) is 28.5 Å². The molecule has 140 valence electrons. The van der Waals surface area contributed by atoms with Crippen LogP contribution in [0.25, 0.3) is 33.0 Å². The lowest BCUT2D eigenvalue weighted by atomic mass is 10.0. The molecule has 0 aliphatic rings. The summed E-state index contributed by atoms with van der Waals surface area (Å²) in [6, 6.07) is 18.8. The van der Waals surface area contributed by atoms with Gasteiger partial charge in [0, 0.05) is 16.0 Å². The number of ether oxygens (including phenoxy) is 1. The van der Waals surface area contributed by atoms with Crippen LogP contribution in [0, 0.1) is 0 Å². The molecule has 0 amide bonds. The van der Waals surface area contributed by atoms with E-state index in [2.05, 4.69) is 6.07 Å². The molecule has 6 heteroatoms. The SMILES string of the molecule is COc1cc(-c2cc(-c3cccs3)cc(-c3ccc(Cl)c(Cl)c3)n2)ccc1O. The molecular formula is C22H15Cl2NO2S. The minimum absolute atomic E-state index is 0.0883. The smallest absolute Gasteiger partial charge is 0.161 e. The Morgan fingerprint density at radius 3 is 2.21 bits per heavy atom. The van der Waals surface area contributed by atoms with Crippen LogP contribution < -0.4 is 4.74 Å². The Labute approximate surface area is 176 Å². The Bertz CT molecular complexity index is 1140. The third kappa shape index (κ3) is 3.72. The third-order valence-electron chi connectivity index (χ3n) is 4.32. The quantitative estimate of drug-likeness (QED) is 0.375. The summed E-state index contributed by atoms with van der Waals surface area (Å²) in [4.78, 5) is 5.96. The van der Waals surface area contributed by atoms with Gasteiger partial charge in [-0.3, -0.25) is 0 Å². The normalized spacial score (nSPS) is 10.8. The first-order valence-electron chi connectivity index (χ1n) is 8.44. The first-order valence-corrected chi connectivity index (χ1v) is 10.1. The van der Waals surface area contributed by atoms with E-state index in [1.807, 2.05) is 41.8 Å². The van der Waals surface area contributed by atoms with E-state index in [4.69, 9.17) is 32.9 Å². The van der Waals surface area contributed by atoms with E-state index in [1.54, 1.807) is 29.5 Å². The lowest BCUT2D eigenvalue weighted by Crippen LogP contribution is -1.92. The minimum atomic E-state index is 0.0883. The molecule has 0 unspecified atom stereocenters. The van der Waals surface area contributed by atoms with E-state index in [9.17, 15) is 5.11 Å². The fraction of sp³-hybridized carbons (Fsp3) is 0.0455. The van der Waals surface area contributed by atoms with Gasteiger partial charge in [-0.2, -0.15) is 0 Å². The summed E-state index contributed by atoms with van der Waals surface area (Å²) in [6.45, 7) is 0.